The van der Waals surface area contributed by atoms with E-state index in [9.17, 15) is 5.11 Å². The summed E-state index contributed by atoms with van der Waals surface area (Å²) in [6.45, 7) is 6.99. The predicted molar refractivity (Wildman–Crippen MR) is 85.1 cm³/mol. The van der Waals surface area contributed by atoms with Crippen molar-refractivity contribution >= 4 is 0 Å². The molecule has 2 rings (SSSR count). The minimum atomic E-state index is -0.500. The Morgan fingerprint density at radius 2 is 2.00 bits per heavy atom. The van der Waals surface area contributed by atoms with Crippen LogP contribution in [0.15, 0.2) is 42.7 Å². The third kappa shape index (κ3) is 3.52. The van der Waals surface area contributed by atoms with Crippen LogP contribution in [0.1, 0.15) is 32.2 Å². The largest absolute Gasteiger partial charge is 0.394 e. The molecule has 0 spiro atoms. The van der Waals surface area contributed by atoms with Crippen molar-refractivity contribution in [2.24, 2.45) is 0 Å². The molecule has 0 saturated carbocycles. The van der Waals surface area contributed by atoms with Crippen LogP contribution in [-0.2, 0) is 18.5 Å². The first kappa shape index (κ1) is 15.7. The van der Waals surface area contributed by atoms with E-state index in [1.165, 1.54) is 0 Å². The van der Waals surface area contributed by atoms with Crippen molar-refractivity contribution in [3.05, 3.63) is 54.1 Å². The molecule has 0 bridgehead atoms. The van der Waals surface area contributed by atoms with Crippen molar-refractivity contribution in [3.8, 4) is 0 Å². The van der Waals surface area contributed by atoms with Crippen LogP contribution in [0.3, 0.4) is 0 Å². The summed E-state index contributed by atoms with van der Waals surface area (Å²) in [5.41, 5.74) is 0.594. The van der Waals surface area contributed by atoms with Crippen molar-refractivity contribution in [3.63, 3.8) is 0 Å². The maximum absolute atomic E-state index is 10.1. The second-order valence-electron chi connectivity index (χ2n) is 5.73. The second kappa shape index (κ2) is 6.87. The first-order chi connectivity index (χ1) is 10.1. The van der Waals surface area contributed by atoms with Gasteiger partial charge in [0.1, 0.15) is 5.82 Å². The summed E-state index contributed by atoms with van der Waals surface area (Å²) in [5, 5.41) is 13.7. The number of aliphatic hydroxyl groups excluding tert-OH is 1. The Hall–Kier alpha value is -1.65. The minimum absolute atomic E-state index is 0.0382. The lowest BCUT2D eigenvalue weighted by Gasteiger charge is -2.36. The lowest BCUT2D eigenvalue weighted by Crippen LogP contribution is -2.51. The molecule has 2 aromatic rings. The first-order valence-electron chi connectivity index (χ1n) is 7.55. The summed E-state index contributed by atoms with van der Waals surface area (Å²) in [6.07, 6.45) is 4.68. The zero-order valence-corrected chi connectivity index (χ0v) is 13.1. The van der Waals surface area contributed by atoms with Crippen molar-refractivity contribution in [2.75, 3.05) is 6.61 Å². The highest BCUT2D eigenvalue weighted by atomic mass is 16.3. The van der Waals surface area contributed by atoms with Gasteiger partial charge in [-0.2, -0.15) is 0 Å². The number of hydrogen-bond acceptors (Lipinski definition) is 3. The quantitative estimate of drug-likeness (QED) is 0.822. The number of rotatable bonds is 7. The molecular formula is C17H25N3O. The van der Waals surface area contributed by atoms with Gasteiger partial charge in [-0.05, 0) is 19.4 Å². The van der Waals surface area contributed by atoms with Crippen LogP contribution in [0, 0.1) is 0 Å². The van der Waals surface area contributed by atoms with Crippen molar-refractivity contribution < 1.29 is 5.11 Å². The minimum Gasteiger partial charge on any atom is -0.394 e. The molecule has 0 amide bonds. The fourth-order valence-electron chi connectivity index (χ4n) is 2.81. The summed E-state index contributed by atoms with van der Waals surface area (Å²) in [5.74, 6) is 1.04. The third-order valence-corrected chi connectivity index (χ3v) is 3.72. The average Bonchev–Trinajstić information content (AvgIpc) is 2.94. The van der Waals surface area contributed by atoms with E-state index in [0.29, 0.717) is 6.54 Å². The molecule has 1 heterocycles. The highest BCUT2D eigenvalue weighted by Gasteiger charge is 2.33. The van der Waals surface area contributed by atoms with Crippen molar-refractivity contribution in [2.45, 2.75) is 45.3 Å². The van der Waals surface area contributed by atoms with Gasteiger partial charge in [-0.25, -0.2) is 4.98 Å². The number of aliphatic hydroxyl groups is 1. The maximum atomic E-state index is 10.1. The second-order valence-corrected chi connectivity index (χ2v) is 5.73. The zero-order chi connectivity index (χ0) is 15.3. The Morgan fingerprint density at radius 3 is 2.57 bits per heavy atom. The monoisotopic (exact) mass is 287 g/mol. The van der Waals surface area contributed by atoms with Crippen LogP contribution in [0.2, 0.25) is 0 Å². The van der Waals surface area contributed by atoms with Gasteiger partial charge < -0.3 is 15.0 Å². The average molecular weight is 287 g/mol. The lowest BCUT2D eigenvalue weighted by molar-refractivity contribution is 0.132. The van der Waals surface area contributed by atoms with E-state index in [2.05, 4.69) is 47.8 Å². The summed E-state index contributed by atoms with van der Waals surface area (Å²) in [4.78, 5) is 4.38. The number of aryl methyl sites for hydroxylation is 1. The first-order valence-corrected chi connectivity index (χ1v) is 7.55. The molecule has 0 saturated heterocycles. The fourth-order valence-corrected chi connectivity index (χ4v) is 2.81. The molecule has 1 aromatic carbocycles. The number of benzene rings is 1. The summed E-state index contributed by atoms with van der Waals surface area (Å²) < 4.78 is 2.12. The third-order valence-electron chi connectivity index (χ3n) is 3.72. The van der Waals surface area contributed by atoms with Gasteiger partial charge in [-0.1, -0.05) is 37.3 Å². The SMILES string of the molecule is CCc1nccn1CC(CO)(NC(C)C)c1ccccc1. The Kier molecular flexibility index (Phi) is 5.15. The van der Waals surface area contributed by atoms with Gasteiger partial charge in [-0.15, -0.1) is 0 Å². The van der Waals surface area contributed by atoms with Gasteiger partial charge in [0, 0.05) is 31.4 Å². The van der Waals surface area contributed by atoms with Crippen LogP contribution < -0.4 is 5.32 Å². The van der Waals surface area contributed by atoms with E-state index < -0.39 is 5.54 Å². The van der Waals surface area contributed by atoms with Crippen molar-refractivity contribution in [1.82, 2.24) is 14.9 Å². The number of hydrogen-bond donors (Lipinski definition) is 2. The molecule has 0 aliphatic heterocycles. The number of nitrogens with one attached hydrogen (secondary N) is 1. The van der Waals surface area contributed by atoms with E-state index >= 15 is 0 Å². The van der Waals surface area contributed by atoms with Crippen LogP contribution in [0.5, 0.6) is 0 Å². The highest BCUT2D eigenvalue weighted by Crippen LogP contribution is 2.24. The van der Waals surface area contributed by atoms with E-state index in [1.54, 1.807) is 0 Å². The Morgan fingerprint density at radius 1 is 1.29 bits per heavy atom. The van der Waals surface area contributed by atoms with Crippen LogP contribution >= 0.6 is 0 Å². The standard InChI is InChI=1S/C17H25N3O/c1-4-16-18-10-11-20(16)12-17(13-21,19-14(2)3)15-8-6-5-7-9-15/h5-11,14,19,21H,4,12-13H2,1-3H3. The molecule has 0 aliphatic rings. The maximum Gasteiger partial charge on any atom is 0.108 e. The summed E-state index contributed by atoms with van der Waals surface area (Å²) in [7, 11) is 0. The molecule has 114 valence electrons. The summed E-state index contributed by atoms with van der Waals surface area (Å²) >= 11 is 0. The van der Waals surface area contributed by atoms with Crippen LogP contribution in [0.4, 0.5) is 0 Å². The Labute approximate surface area is 126 Å². The van der Waals surface area contributed by atoms with Gasteiger partial charge in [0.25, 0.3) is 0 Å². The molecule has 4 nitrogen and oxygen atoms in total. The van der Waals surface area contributed by atoms with Gasteiger partial charge in [0.05, 0.1) is 12.1 Å². The van der Waals surface area contributed by atoms with E-state index in [-0.39, 0.29) is 12.6 Å². The molecular weight excluding hydrogens is 262 g/mol. The molecule has 0 aliphatic carbocycles. The van der Waals surface area contributed by atoms with Crippen molar-refractivity contribution in [1.29, 1.82) is 0 Å². The smallest absolute Gasteiger partial charge is 0.108 e. The molecule has 1 unspecified atom stereocenters. The molecule has 0 fully saturated rings. The zero-order valence-electron chi connectivity index (χ0n) is 13.1. The normalized spacial score (nSPS) is 14.3. The fraction of sp³-hybridized carbons (Fsp3) is 0.471. The molecule has 1 atom stereocenters. The highest BCUT2D eigenvalue weighted by molar-refractivity contribution is 5.25. The number of nitrogens with zero attached hydrogens (tertiary/aromatic N) is 2. The summed E-state index contributed by atoms with van der Waals surface area (Å²) in [6, 6.07) is 10.4. The predicted octanol–water partition coefficient (Wildman–Crippen LogP) is 2.33. The van der Waals surface area contributed by atoms with Crippen LogP contribution in [0.25, 0.3) is 0 Å². The molecule has 4 heteroatoms. The van der Waals surface area contributed by atoms with Gasteiger partial charge in [-0.3, -0.25) is 0 Å². The number of aromatic nitrogens is 2. The molecule has 21 heavy (non-hydrogen) atoms. The number of imidazole rings is 1. The van der Waals surface area contributed by atoms with Crippen LogP contribution in [-0.4, -0.2) is 27.3 Å². The van der Waals surface area contributed by atoms with Gasteiger partial charge >= 0.3 is 0 Å². The topological polar surface area (TPSA) is 50.1 Å². The van der Waals surface area contributed by atoms with Gasteiger partial charge in [0.2, 0.25) is 0 Å². The Balaban J connectivity index is 2.40. The van der Waals surface area contributed by atoms with E-state index in [0.717, 1.165) is 17.8 Å². The Bertz CT molecular complexity index is 550. The van der Waals surface area contributed by atoms with E-state index in [4.69, 9.17) is 0 Å². The lowest BCUT2D eigenvalue weighted by atomic mass is 9.89. The molecule has 2 N–H and O–H groups in total. The molecule has 1 aromatic heterocycles. The van der Waals surface area contributed by atoms with Gasteiger partial charge in [0.15, 0.2) is 0 Å². The molecule has 0 radical (unpaired) electrons. The van der Waals surface area contributed by atoms with E-state index in [1.807, 2.05) is 30.6 Å².